The normalized spacial score (nSPS) is 18.6. The largest absolute Gasteiger partial charge is 0.392 e. The second-order valence-corrected chi connectivity index (χ2v) is 4.94. The summed E-state index contributed by atoms with van der Waals surface area (Å²) in [6.07, 6.45) is 2.07. The van der Waals surface area contributed by atoms with Crippen molar-refractivity contribution in [1.82, 2.24) is 20.2 Å². The molecule has 0 bridgehead atoms. The molecule has 0 aliphatic heterocycles. The highest BCUT2D eigenvalue weighted by atomic mass is 16.3. The van der Waals surface area contributed by atoms with Gasteiger partial charge in [-0.05, 0) is 23.6 Å². The molecule has 5 nitrogen and oxygen atoms in total. The third kappa shape index (κ3) is 1.90. The molecule has 1 atom stereocenters. The van der Waals surface area contributed by atoms with Gasteiger partial charge in [0.25, 0.3) is 0 Å². The van der Waals surface area contributed by atoms with Crippen LogP contribution in [0.15, 0.2) is 30.3 Å². The van der Waals surface area contributed by atoms with E-state index >= 15 is 0 Å². The van der Waals surface area contributed by atoms with Gasteiger partial charge in [-0.1, -0.05) is 30.3 Å². The zero-order chi connectivity index (χ0) is 12.6. The number of nitrogens with zero attached hydrogens (tertiary/aromatic N) is 4. The number of aryl methyl sites for hydroxylation is 1. The summed E-state index contributed by atoms with van der Waals surface area (Å²) < 4.78 is 0. The highest BCUT2D eigenvalue weighted by molar-refractivity contribution is 5.33. The van der Waals surface area contributed by atoms with E-state index in [1.54, 1.807) is 7.05 Å². The molecule has 0 radical (unpaired) electrons. The predicted molar refractivity (Wildman–Crippen MR) is 65.9 cm³/mol. The number of aliphatic hydroxyl groups is 1. The fraction of sp³-hybridized carbons (Fsp3) is 0.462. The number of aromatic nitrogens is 4. The maximum Gasteiger partial charge on any atom is 0.177 e. The monoisotopic (exact) mass is 244 g/mol. The lowest BCUT2D eigenvalue weighted by atomic mass is 9.88. The highest BCUT2D eigenvalue weighted by Gasteiger charge is 2.50. The molecule has 1 aromatic carbocycles. The Morgan fingerprint density at radius 1 is 1.33 bits per heavy atom. The van der Waals surface area contributed by atoms with E-state index in [2.05, 4.69) is 27.5 Å². The van der Waals surface area contributed by atoms with Crippen LogP contribution in [-0.2, 0) is 18.9 Å². The summed E-state index contributed by atoms with van der Waals surface area (Å²) in [5.74, 6) is 0.604. The van der Waals surface area contributed by atoms with Crippen molar-refractivity contribution in [2.75, 3.05) is 0 Å². The number of tetrazole rings is 1. The molecule has 1 saturated carbocycles. The molecule has 0 amide bonds. The molecule has 1 unspecified atom stereocenters. The SMILES string of the molecule is Cn1nnc(CC(O)C2(c3ccccc3)CC2)n1. The third-order valence-electron chi connectivity index (χ3n) is 3.70. The van der Waals surface area contributed by atoms with Crippen molar-refractivity contribution in [3.63, 3.8) is 0 Å². The molecule has 1 aliphatic rings. The van der Waals surface area contributed by atoms with Gasteiger partial charge in [-0.15, -0.1) is 10.2 Å². The van der Waals surface area contributed by atoms with Crippen LogP contribution in [0.25, 0.3) is 0 Å². The molecule has 94 valence electrons. The molecular weight excluding hydrogens is 228 g/mol. The molecule has 18 heavy (non-hydrogen) atoms. The highest BCUT2D eigenvalue weighted by Crippen LogP contribution is 2.51. The Balaban J connectivity index is 1.78. The Morgan fingerprint density at radius 3 is 2.61 bits per heavy atom. The number of benzene rings is 1. The van der Waals surface area contributed by atoms with Gasteiger partial charge in [-0.3, -0.25) is 0 Å². The first-order valence-electron chi connectivity index (χ1n) is 6.17. The molecule has 1 fully saturated rings. The van der Waals surface area contributed by atoms with E-state index in [0.717, 1.165) is 12.8 Å². The van der Waals surface area contributed by atoms with E-state index in [-0.39, 0.29) is 5.41 Å². The first-order valence-corrected chi connectivity index (χ1v) is 6.17. The number of hydrogen-bond donors (Lipinski definition) is 1. The van der Waals surface area contributed by atoms with Crippen LogP contribution in [0.4, 0.5) is 0 Å². The van der Waals surface area contributed by atoms with Crippen LogP contribution < -0.4 is 0 Å². The molecule has 2 aromatic rings. The quantitative estimate of drug-likeness (QED) is 0.866. The van der Waals surface area contributed by atoms with E-state index in [1.807, 2.05) is 18.2 Å². The van der Waals surface area contributed by atoms with E-state index in [1.165, 1.54) is 10.4 Å². The average molecular weight is 244 g/mol. The van der Waals surface area contributed by atoms with Crippen molar-refractivity contribution in [2.45, 2.75) is 30.8 Å². The lowest BCUT2D eigenvalue weighted by molar-refractivity contribution is 0.129. The van der Waals surface area contributed by atoms with Crippen molar-refractivity contribution in [3.05, 3.63) is 41.7 Å². The topological polar surface area (TPSA) is 63.8 Å². The van der Waals surface area contributed by atoms with Crippen LogP contribution in [0.1, 0.15) is 24.2 Å². The van der Waals surface area contributed by atoms with Gasteiger partial charge in [0.15, 0.2) is 5.82 Å². The molecule has 1 aliphatic carbocycles. The van der Waals surface area contributed by atoms with Crippen molar-refractivity contribution >= 4 is 0 Å². The standard InChI is InChI=1S/C13H16N4O/c1-17-15-12(14-16-17)9-11(18)13(7-8-13)10-5-3-2-4-6-10/h2-6,11,18H,7-9H2,1H3. The van der Waals surface area contributed by atoms with Gasteiger partial charge in [-0.2, -0.15) is 4.80 Å². The van der Waals surface area contributed by atoms with E-state index < -0.39 is 6.10 Å². The van der Waals surface area contributed by atoms with Crippen LogP contribution in [-0.4, -0.2) is 31.4 Å². The summed E-state index contributed by atoms with van der Waals surface area (Å²) in [4.78, 5) is 1.42. The van der Waals surface area contributed by atoms with E-state index in [4.69, 9.17) is 0 Å². The lowest BCUT2D eigenvalue weighted by Crippen LogP contribution is -2.28. The molecule has 5 heteroatoms. The zero-order valence-corrected chi connectivity index (χ0v) is 10.3. The van der Waals surface area contributed by atoms with Gasteiger partial charge in [0, 0.05) is 11.8 Å². The number of hydrogen-bond acceptors (Lipinski definition) is 4. The Labute approximate surface area is 105 Å². The smallest absolute Gasteiger partial charge is 0.177 e. The summed E-state index contributed by atoms with van der Waals surface area (Å²) in [6, 6.07) is 10.2. The second kappa shape index (κ2) is 4.17. The van der Waals surface area contributed by atoms with Gasteiger partial charge in [0.2, 0.25) is 0 Å². The molecule has 1 heterocycles. The summed E-state index contributed by atoms with van der Waals surface area (Å²) >= 11 is 0. The van der Waals surface area contributed by atoms with E-state index in [9.17, 15) is 5.11 Å². The fourth-order valence-electron chi connectivity index (χ4n) is 2.49. The van der Waals surface area contributed by atoms with Crippen LogP contribution in [0.2, 0.25) is 0 Å². The first-order chi connectivity index (χ1) is 8.71. The molecule has 3 rings (SSSR count). The third-order valence-corrected chi connectivity index (χ3v) is 3.70. The van der Waals surface area contributed by atoms with E-state index in [0.29, 0.717) is 12.2 Å². The summed E-state index contributed by atoms with van der Waals surface area (Å²) in [5.41, 5.74) is 1.11. The van der Waals surface area contributed by atoms with Crippen LogP contribution in [0.5, 0.6) is 0 Å². The maximum atomic E-state index is 10.4. The lowest BCUT2D eigenvalue weighted by Gasteiger charge is -2.21. The van der Waals surface area contributed by atoms with Crippen molar-refractivity contribution < 1.29 is 5.11 Å². The molecule has 0 saturated heterocycles. The molecular formula is C13H16N4O. The van der Waals surface area contributed by atoms with Crippen LogP contribution in [0, 0.1) is 0 Å². The average Bonchev–Trinajstić information content (AvgIpc) is 3.10. The summed E-state index contributed by atoms with van der Waals surface area (Å²) in [6.45, 7) is 0. The fourth-order valence-corrected chi connectivity index (χ4v) is 2.49. The second-order valence-electron chi connectivity index (χ2n) is 4.94. The number of rotatable bonds is 4. The van der Waals surface area contributed by atoms with Gasteiger partial charge < -0.3 is 5.11 Å². The molecule has 1 N–H and O–H groups in total. The van der Waals surface area contributed by atoms with Crippen molar-refractivity contribution in [1.29, 1.82) is 0 Å². The Hall–Kier alpha value is -1.75. The summed E-state index contributed by atoms with van der Waals surface area (Å²) in [5, 5.41) is 22.3. The van der Waals surface area contributed by atoms with Crippen LogP contribution in [0.3, 0.4) is 0 Å². The summed E-state index contributed by atoms with van der Waals surface area (Å²) in [7, 11) is 1.73. The minimum atomic E-state index is -0.441. The minimum absolute atomic E-state index is 0.0968. The van der Waals surface area contributed by atoms with Gasteiger partial charge in [-0.25, -0.2) is 0 Å². The van der Waals surface area contributed by atoms with Crippen LogP contribution >= 0.6 is 0 Å². The van der Waals surface area contributed by atoms with Crippen molar-refractivity contribution in [2.24, 2.45) is 7.05 Å². The molecule has 0 spiro atoms. The Kier molecular flexibility index (Phi) is 2.63. The first kappa shape index (κ1) is 11.3. The van der Waals surface area contributed by atoms with Crippen molar-refractivity contribution in [3.8, 4) is 0 Å². The maximum absolute atomic E-state index is 10.4. The Morgan fingerprint density at radius 2 is 2.06 bits per heavy atom. The van der Waals surface area contributed by atoms with Gasteiger partial charge in [0.05, 0.1) is 13.2 Å². The molecule has 1 aromatic heterocycles. The van der Waals surface area contributed by atoms with Gasteiger partial charge in [0.1, 0.15) is 0 Å². The van der Waals surface area contributed by atoms with Gasteiger partial charge >= 0.3 is 0 Å². The Bertz CT molecular complexity index is 533. The number of aliphatic hydroxyl groups excluding tert-OH is 1. The minimum Gasteiger partial charge on any atom is -0.392 e. The predicted octanol–water partition coefficient (Wildman–Crippen LogP) is 0.845. The zero-order valence-electron chi connectivity index (χ0n) is 10.3.